The van der Waals surface area contributed by atoms with Gasteiger partial charge in [-0.05, 0) is 50.6 Å². The van der Waals surface area contributed by atoms with Gasteiger partial charge in [-0.25, -0.2) is 13.1 Å². The fraction of sp³-hybridized carbons (Fsp3) is 0.316. The molecule has 2 aromatic carbocycles. The van der Waals surface area contributed by atoms with Gasteiger partial charge in [-0.1, -0.05) is 12.1 Å². The third kappa shape index (κ3) is 6.26. The number of hydrogen-bond acceptors (Lipinski definition) is 7. The van der Waals surface area contributed by atoms with Gasteiger partial charge in [-0.3, -0.25) is 14.9 Å². The van der Waals surface area contributed by atoms with Gasteiger partial charge in [0.25, 0.3) is 0 Å². The zero-order valence-electron chi connectivity index (χ0n) is 16.5. The van der Waals surface area contributed by atoms with Crippen molar-refractivity contribution >= 4 is 21.7 Å². The molecule has 0 bridgehead atoms. The molecule has 1 N–H and O–H groups in total. The lowest BCUT2D eigenvalue weighted by atomic mass is 10.1. The van der Waals surface area contributed by atoms with E-state index in [0.29, 0.717) is 11.3 Å². The fourth-order valence-corrected chi connectivity index (χ4v) is 3.83. The number of sulfonamides is 1. The summed E-state index contributed by atoms with van der Waals surface area (Å²) in [7, 11) is -2.65. The monoisotopic (exact) mass is 422 g/mol. The summed E-state index contributed by atoms with van der Waals surface area (Å²) in [5.41, 5.74) is -0.539. The van der Waals surface area contributed by atoms with Crippen molar-refractivity contribution in [1.82, 2.24) is 4.72 Å². The highest BCUT2D eigenvalue weighted by Gasteiger charge is 2.26. The second-order valence-corrected chi connectivity index (χ2v) is 8.92. The lowest BCUT2D eigenvalue weighted by Crippen LogP contribution is -2.40. The second kappa shape index (κ2) is 8.58. The number of carbonyl (C=O) groups is 1. The number of esters is 1. The van der Waals surface area contributed by atoms with Crippen LogP contribution in [0, 0.1) is 10.1 Å². The predicted octanol–water partition coefficient (Wildman–Crippen LogP) is 3.18. The highest BCUT2D eigenvalue weighted by Crippen LogP contribution is 2.33. The molecule has 0 radical (unpaired) electrons. The van der Waals surface area contributed by atoms with E-state index in [-0.39, 0.29) is 17.1 Å². The van der Waals surface area contributed by atoms with Gasteiger partial charge in [0.15, 0.2) is 0 Å². The van der Waals surface area contributed by atoms with Crippen molar-refractivity contribution in [3.63, 3.8) is 0 Å². The molecule has 0 aliphatic rings. The summed E-state index contributed by atoms with van der Waals surface area (Å²) < 4.78 is 37.4. The third-order valence-corrected chi connectivity index (χ3v) is 5.36. The Kier molecular flexibility index (Phi) is 6.60. The van der Waals surface area contributed by atoms with E-state index < -0.39 is 32.1 Å². The molecule has 0 aliphatic carbocycles. The van der Waals surface area contributed by atoms with E-state index >= 15 is 0 Å². The molecule has 0 saturated carbocycles. The third-order valence-electron chi connectivity index (χ3n) is 3.61. The molecule has 0 atom stereocenters. The number of hydrogen-bond donors (Lipinski definition) is 1. The van der Waals surface area contributed by atoms with Gasteiger partial charge in [0.2, 0.25) is 15.8 Å². The van der Waals surface area contributed by atoms with E-state index in [2.05, 4.69) is 9.46 Å². The quantitative estimate of drug-likeness (QED) is 0.413. The summed E-state index contributed by atoms with van der Waals surface area (Å²) in [6.45, 7) is 5.00. The molecule has 0 spiro atoms. The van der Waals surface area contributed by atoms with Gasteiger partial charge in [-0.15, -0.1) is 0 Å². The molecule has 156 valence electrons. The van der Waals surface area contributed by atoms with Crippen LogP contribution in [0.25, 0.3) is 0 Å². The number of nitrogens with zero attached hydrogens (tertiary/aromatic N) is 1. The number of nitro benzene ring substituents is 1. The lowest BCUT2D eigenvalue weighted by Gasteiger charge is -2.20. The molecule has 2 rings (SSSR count). The van der Waals surface area contributed by atoms with Crippen LogP contribution < -0.4 is 9.46 Å². The molecule has 10 heteroatoms. The van der Waals surface area contributed by atoms with E-state index in [1.54, 1.807) is 45.0 Å². The van der Waals surface area contributed by atoms with Gasteiger partial charge in [0.05, 0.1) is 23.3 Å². The van der Waals surface area contributed by atoms with Crippen LogP contribution in [0.15, 0.2) is 47.4 Å². The van der Waals surface area contributed by atoms with Crippen LogP contribution in [-0.4, -0.2) is 32.0 Å². The second-order valence-electron chi connectivity index (χ2n) is 7.24. The first-order valence-corrected chi connectivity index (χ1v) is 10.1. The van der Waals surface area contributed by atoms with Gasteiger partial charge in [0, 0.05) is 11.6 Å². The molecule has 2 aromatic rings. The minimum Gasteiger partial charge on any atom is -0.469 e. The van der Waals surface area contributed by atoms with Crippen molar-refractivity contribution in [2.45, 2.75) is 37.6 Å². The van der Waals surface area contributed by atoms with Gasteiger partial charge < -0.3 is 9.47 Å². The lowest BCUT2D eigenvalue weighted by molar-refractivity contribution is -0.385. The summed E-state index contributed by atoms with van der Waals surface area (Å²) in [6.07, 6.45) is 0.0876. The molecule has 0 saturated heterocycles. The maximum Gasteiger partial charge on any atom is 0.312 e. The number of nitro groups is 1. The number of nitrogens with one attached hydrogen (secondary N) is 1. The van der Waals surface area contributed by atoms with Crippen LogP contribution in [0.2, 0.25) is 0 Å². The molecule has 9 nitrogen and oxygen atoms in total. The summed E-state index contributed by atoms with van der Waals surface area (Å²) in [5.74, 6) is -0.203. The van der Waals surface area contributed by atoms with Crippen LogP contribution in [0.1, 0.15) is 26.3 Å². The largest absolute Gasteiger partial charge is 0.469 e. The first-order valence-electron chi connectivity index (χ1n) is 8.57. The van der Waals surface area contributed by atoms with Crippen LogP contribution in [0.5, 0.6) is 11.5 Å². The van der Waals surface area contributed by atoms with Crippen LogP contribution in [-0.2, 0) is 26.0 Å². The Morgan fingerprint density at radius 1 is 1.14 bits per heavy atom. The van der Waals surface area contributed by atoms with Crippen molar-refractivity contribution in [3.05, 3.63) is 58.1 Å². The van der Waals surface area contributed by atoms with Crippen molar-refractivity contribution in [3.8, 4) is 11.5 Å². The maximum atomic E-state index is 12.4. The Labute approximate surface area is 168 Å². The first kappa shape index (κ1) is 22.3. The number of ether oxygens (including phenoxy) is 2. The van der Waals surface area contributed by atoms with Gasteiger partial charge in [0.1, 0.15) is 5.75 Å². The van der Waals surface area contributed by atoms with Crippen molar-refractivity contribution < 1.29 is 27.6 Å². The van der Waals surface area contributed by atoms with Gasteiger partial charge >= 0.3 is 11.7 Å². The Bertz CT molecular complexity index is 1010. The summed E-state index contributed by atoms with van der Waals surface area (Å²) >= 11 is 0. The molecule has 0 heterocycles. The van der Waals surface area contributed by atoms with Crippen LogP contribution >= 0.6 is 0 Å². The Morgan fingerprint density at radius 3 is 2.28 bits per heavy atom. The summed E-state index contributed by atoms with van der Waals surface area (Å²) in [4.78, 5) is 21.8. The molecule has 0 aromatic heterocycles. The summed E-state index contributed by atoms with van der Waals surface area (Å²) in [5, 5.41) is 11.4. The SMILES string of the molecule is COC(=O)Cc1ccc(Oc2ccc(S(=O)(=O)NC(C)(C)C)cc2[N+](=O)[O-])cc1. The fourth-order valence-electron chi connectivity index (χ4n) is 2.40. The number of rotatable bonds is 7. The normalized spacial score (nSPS) is 11.7. The minimum atomic E-state index is -3.94. The van der Waals surface area contributed by atoms with Gasteiger partial charge in [-0.2, -0.15) is 0 Å². The summed E-state index contributed by atoms with van der Waals surface area (Å²) in [6, 6.07) is 9.78. The Balaban J connectivity index is 2.30. The highest BCUT2D eigenvalue weighted by atomic mass is 32.2. The average molecular weight is 422 g/mol. The molecular weight excluding hydrogens is 400 g/mol. The van der Waals surface area contributed by atoms with E-state index in [1.165, 1.54) is 19.2 Å². The van der Waals surface area contributed by atoms with Crippen molar-refractivity contribution in [1.29, 1.82) is 0 Å². The minimum absolute atomic E-state index is 0.0876. The van der Waals surface area contributed by atoms with E-state index in [4.69, 9.17) is 4.74 Å². The Morgan fingerprint density at radius 2 is 1.76 bits per heavy atom. The van der Waals surface area contributed by atoms with Crippen LogP contribution in [0.3, 0.4) is 0 Å². The van der Waals surface area contributed by atoms with E-state index in [9.17, 15) is 23.3 Å². The van der Waals surface area contributed by atoms with Crippen molar-refractivity contribution in [2.75, 3.05) is 7.11 Å². The number of benzene rings is 2. The Hall–Kier alpha value is -2.98. The smallest absolute Gasteiger partial charge is 0.312 e. The zero-order chi connectivity index (χ0) is 21.8. The molecule has 0 amide bonds. The number of methoxy groups -OCH3 is 1. The predicted molar refractivity (Wildman–Crippen MR) is 105 cm³/mol. The standard InChI is InChI=1S/C19H22N2O7S/c1-19(2,3)20-29(25,26)15-9-10-17(16(12-15)21(23)24)28-14-7-5-13(6-8-14)11-18(22)27-4/h5-10,12,20H,11H2,1-4H3. The average Bonchev–Trinajstić information content (AvgIpc) is 2.61. The number of carbonyl (C=O) groups excluding carboxylic acids is 1. The van der Waals surface area contributed by atoms with E-state index in [1.807, 2.05) is 0 Å². The molecule has 0 aliphatic heterocycles. The molecule has 0 fully saturated rings. The topological polar surface area (TPSA) is 125 Å². The van der Waals surface area contributed by atoms with E-state index in [0.717, 1.165) is 6.07 Å². The zero-order valence-corrected chi connectivity index (χ0v) is 17.3. The van der Waals surface area contributed by atoms with Crippen molar-refractivity contribution in [2.24, 2.45) is 0 Å². The highest BCUT2D eigenvalue weighted by molar-refractivity contribution is 7.89. The van der Waals surface area contributed by atoms with Crippen LogP contribution in [0.4, 0.5) is 5.69 Å². The first-order chi connectivity index (χ1) is 13.4. The molecular formula is C19H22N2O7S. The maximum absolute atomic E-state index is 12.4. The molecule has 0 unspecified atom stereocenters. The molecule has 29 heavy (non-hydrogen) atoms.